The van der Waals surface area contributed by atoms with Gasteiger partial charge in [0.05, 0.1) is 18.9 Å². The van der Waals surface area contributed by atoms with Crippen molar-refractivity contribution in [2.75, 3.05) is 6.54 Å². The van der Waals surface area contributed by atoms with Crippen LogP contribution >= 0.6 is 0 Å². The summed E-state index contributed by atoms with van der Waals surface area (Å²) in [6.45, 7) is -0.782. The number of H-pyrrole nitrogens is 1. The highest BCUT2D eigenvalue weighted by molar-refractivity contribution is 5.97. The molecule has 11 N–H and O–H groups in total. The first-order chi connectivity index (χ1) is 22.2. The van der Waals surface area contributed by atoms with Gasteiger partial charge < -0.3 is 52.4 Å². The lowest BCUT2D eigenvalue weighted by atomic mass is 10.0. The van der Waals surface area contributed by atoms with Gasteiger partial charge in [-0.2, -0.15) is 0 Å². The summed E-state index contributed by atoms with van der Waals surface area (Å²) in [7, 11) is 0. The van der Waals surface area contributed by atoms with Gasteiger partial charge >= 0.3 is 17.9 Å². The van der Waals surface area contributed by atoms with E-state index >= 15 is 0 Å². The number of fused-ring (bicyclic) bond motifs is 1. The summed E-state index contributed by atoms with van der Waals surface area (Å²) in [6.07, 6.45) is -0.495. The summed E-state index contributed by atoms with van der Waals surface area (Å²) in [6, 6.07) is 6.34. The van der Waals surface area contributed by atoms with Crippen molar-refractivity contribution in [3.63, 3.8) is 0 Å². The van der Waals surface area contributed by atoms with E-state index < -0.39 is 85.1 Å². The number of carboxylic acids is 3. The molecule has 250 valence electrons. The number of carbonyl (C=O) groups is 7. The second kappa shape index (κ2) is 16.4. The molecule has 1 aromatic heterocycles. The summed E-state index contributed by atoms with van der Waals surface area (Å²) in [5.74, 6) is -8.36. The number of nitrogens with two attached hydrogens (primary N) is 1. The van der Waals surface area contributed by atoms with Gasteiger partial charge in [0.15, 0.2) is 0 Å². The predicted octanol–water partition coefficient (Wildman–Crippen LogP) is -1.41. The van der Waals surface area contributed by atoms with Crippen LogP contribution in [0.5, 0.6) is 5.75 Å². The number of nitrogens with one attached hydrogen (secondary N) is 5. The minimum atomic E-state index is -1.79. The number of rotatable bonds is 17. The van der Waals surface area contributed by atoms with Gasteiger partial charge in [0.25, 0.3) is 0 Å². The van der Waals surface area contributed by atoms with Crippen LogP contribution in [0.4, 0.5) is 0 Å². The minimum Gasteiger partial charge on any atom is -0.508 e. The Morgan fingerprint density at radius 2 is 1.26 bits per heavy atom. The lowest BCUT2D eigenvalue weighted by Gasteiger charge is -2.25. The standard InChI is InChI=1S/C30H34N6O11/c31-19(11-24(38)39)27(44)34-22(10-16-13-32-20-4-2-1-3-18(16)20)29(46)36-23(12-25(40)41)30(47)35-21(28(45)33-14-26(42)43)9-15-5-7-17(37)8-6-15/h1-8,13,19,21-23,32,37H,9-12,14,31H2,(H,33,45)(H,34,44)(H,35,47)(H,36,46)(H,38,39)(H,40,41)(H,42,43)/t19-,21-,22-,23-/m0/s1. The van der Waals surface area contributed by atoms with E-state index in [1.807, 2.05) is 0 Å². The van der Waals surface area contributed by atoms with Crippen LogP contribution in [0.2, 0.25) is 0 Å². The highest BCUT2D eigenvalue weighted by Crippen LogP contribution is 2.19. The number of hydrogen-bond donors (Lipinski definition) is 10. The Labute approximate surface area is 266 Å². The highest BCUT2D eigenvalue weighted by atomic mass is 16.4. The van der Waals surface area contributed by atoms with Crippen LogP contribution < -0.4 is 27.0 Å². The fraction of sp³-hybridized carbons (Fsp3) is 0.300. The molecule has 4 atom stereocenters. The van der Waals surface area contributed by atoms with Gasteiger partial charge in [0, 0.05) is 29.9 Å². The molecule has 2 aromatic carbocycles. The SMILES string of the molecule is N[C@@H](CC(=O)O)C(=O)N[C@@H](Cc1c[nH]c2ccccc12)C(=O)N[C@@H](CC(=O)O)C(=O)N[C@@H](Cc1ccc(O)cc1)C(=O)NCC(=O)O. The van der Waals surface area contributed by atoms with Crippen LogP contribution in [0.15, 0.2) is 54.7 Å². The molecule has 0 aliphatic heterocycles. The summed E-state index contributed by atoms with van der Waals surface area (Å²) in [5.41, 5.74) is 7.38. The predicted molar refractivity (Wildman–Crippen MR) is 163 cm³/mol. The largest absolute Gasteiger partial charge is 0.508 e. The smallest absolute Gasteiger partial charge is 0.322 e. The van der Waals surface area contributed by atoms with Crippen molar-refractivity contribution < 1.29 is 54.0 Å². The highest BCUT2D eigenvalue weighted by Gasteiger charge is 2.32. The van der Waals surface area contributed by atoms with Gasteiger partial charge in [0.2, 0.25) is 23.6 Å². The Bertz CT molecular complexity index is 1640. The number of aromatic nitrogens is 1. The number of aromatic amines is 1. The number of carbonyl (C=O) groups excluding carboxylic acids is 4. The Balaban J connectivity index is 1.87. The number of phenols is 1. The number of aliphatic carboxylic acids is 3. The third-order valence-electron chi connectivity index (χ3n) is 6.90. The number of para-hydroxylation sites is 1. The number of benzene rings is 2. The number of phenolic OH excluding ortho intramolecular Hbond substituents is 1. The van der Waals surface area contributed by atoms with E-state index in [1.54, 1.807) is 30.5 Å². The molecule has 0 bridgehead atoms. The van der Waals surface area contributed by atoms with Crippen LogP contribution in [0, 0.1) is 0 Å². The maximum atomic E-state index is 13.6. The van der Waals surface area contributed by atoms with Crippen molar-refractivity contribution in [1.82, 2.24) is 26.3 Å². The van der Waals surface area contributed by atoms with Gasteiger partial charge in [0.1, 0.15) is 30.4 Å². The van der Waals surface area contributed by atoms with Crippen LogP contribution in [0.1, 0.15) is 24.0 Å². The molecular formula is C30H34N6O11. The summed E-state index contributed by atoms with van der Waals surface area (Å²) in [4.78, 5) is 89.3. The fourth-order valence-electron chi connectivity index (χ4n) is 4.58. The number of aromatic hydroxyl groups is 1. The van der Waals surface area contributed by atoms with E-state index in [0.29, 0.717) is 22.0 Å². The number of hydrogen-bond acceptors (Lipinski definition) is 9. The maximum Gasteiger partial charge on any atom is 0.322 e. The van der Waals surface area contributed by atoms with Crippen molar-refractivity contribution in [1.29, 1.82) is 0 Å². The van der Waals surface area contributed by atoms with E-state index in [2.05, 4.69) is 26.3 Å². The zero-order chi connectivity index (χ0) is 34.7. The van der Waals surface area contributed by atoms with Crippen molar-refractivity contribution in [3.8, 4) is 5.75 Å². The summed E-state index contributed by atoms with van der Waals surface area (Å²) >= 11 is 0. The Morgan fingerprint density at radius 1 is 0.681 bits per heavy atom. The Kier molecular flexibility index (Phi) is 12.4. The average molecular weight is 655 g/mol. The van der Waals surface area contributed by atoms with Crippen molar-refractivity contribution in [2.45, 2.75) is 49.9 Å². The molecule has 17 nitrogen and oxygen atoms in total. The number of carboxylic acid groups (broad SMARTS) is 3. The molecule has 0 spiro atoms. The fourth-order valence-corrected chi connectivity index (χ4v) is 4.58. The van der Waals surface area contributed by atoms with Crippen molar-refractivity contribution in [2.24, 2.45) is 5.73 Å². The molecule has 0 radical (unpaired) electrons. The van der Waals surface area contributed by atoms with Gasteiger partial charge in [-0.15, -0.1) is 0 Å². The Morgan fingerprint density at radius 3 is 1.89 bits per heavy atom. The molecule has 0 saturated heterocycles. The molecular weight excluding hydrogens is 620 g/mol. The first-order valence-corrected chi connectivity index (χ1v) is 14.2. The second-order valence-corrected chi connectivity index (χ2v) is 10.5. The van der Waals surface area contributed by atoms with E-state index in [0.717, 1.165) is 0 Å². The zero-order valence-corrected chi connectivity index (χ0v) is 24.8. The third-order valence-corrected chi connectivity index (χ3v) is 6.90. The van der Waals surface area contributed by atoms with Gasteiger partial charge in [-0.05, 0) is 29.3 Å². The van der Waals surface area contributed by atoms with Crippen molar-refractivity contribution in [3.05, 3.63) is 65.9 Å². The van der Waals surface area contributed by atoms with E-state index in [9.17, 15) is 43.8 Å². The molecule has 0 aliphatic rings. The first kappa shape index (κ1) is 35.5. The molecule has 47 heavy (non-hydrogen) atoms. The monoisotopic (exact) mass is 654 g/mol. The van der Waals surface area contributed by atoms with Gasteiger partial charge in [-0.25, -0.2) is 0 Å². The average Bonchev–Trinajstić information content (AvgIpc) is 3.41. The molecule has 0 unspecified atom stereocenters. The minimum absolute atomic E-state index is 0.0768. The van der Waals surface area contributed by atoms with E-state index in [-0.39, 0.29) is 18.6 Å². The number of amides is 4. The van der Waals surface area contributed by atoms with Crippen LogP contribution in [0.3, 0.4) is 0 Å². The maximum absolute atomic E-state index is 13.6. The van der Waals surface area contributed by atoms with Crippen LogP contribution in [0.25, 0.3) is 10.9 Å². The summed E-state index contributed by atoms with van der Waals surface area (Å²) in [5, 5.41) is 46.9. The van der Waals surface area contributed by atoms with E-state index in [1.165, 1.54) is 24.3 Å². The molecule has 1 heterocycles. The molecule has 0 saturated carbocycles. The van der Waals surface area contributed by atoms with Gasteiger partial charge in [-0.1, -0.05) is 30.3 Å². The summed E-state index contributed by atoms with van der Waals surface area (Å²) < 4.78 is 0. The topological polar surface area (TPSA) is 290 Å². The van der Waals surface area contributed by atoms with Gasteiger partial charge in [-0.3, -0.25) is 33.6 Å². The second-order valence-electron chi connectivity index (χ2n) is 10.5. The van der Waals surface area contributed by atoms with Crippen LogP contribution in [-0.2, 0) is 46.4 Å². The molecule has 4 amide bonds. The molecule has 3 aromatic rings. The first-order valence-electron chi connectivity index (χ1n) is 14.2. The quantitative estimate of drug-likeness (QED) is 0.0803. The molecule has 0 fully saturated rings. The molecule has 3 rings (SSSR count). The lowest BCUT2D eigenvalue weighted by Crippen LogP contribution is -2.59. The molecule has 0 aliphatic carbocycles. The lowest BCUT2D eigenvalue weighted by molar-refractivity contribution is -0.142. The normalized spacial score (nSPS) is 13.4. The van der Waals surface area contributed by atoms with E-state index in [4.69, 9.17) is 15.9 Å². The molecule has 17 heteroatoms. The Hall–Kier alpha value is -5.97. The zero-order valence-electron chi connectivity index (χ0n) is 24.8. The van der Waals surface area contributed by atoms with Crippen molar-refractivity contribution >= 4 is 52.4 Å². The third kappa shape index (κ3) is 10.9. The van der Waals surface area contributed by atoms with Crippen LogP contribution in [-0.4, -0.2) is 97.7 Å².